The van der Waals surface area contributed by atoms with Gasteiger partial charge in [-0.3, -0.25) is 0 Å². The van der Waals surface area contributed by atoms with E-state index < -0.39 is 5.97 Å². The molecular weight excluding hydrogens is 424 g/mol. The number of aromatic nitrogens is 4. The Balaban J connectivity index is 1.79. The molecule has 0 unspecified atom stereocenters. The molecule has 0 fully saturated rings. The van der Waals surface area contributed by atoms with Crippen molar-refractivity contribution in [2.45, 2.75) is 33.8 Å². The van der Waals surface area contributed by atoms with E-state index in [0.29, 0.717) is 29.3 Å². The van der Waals surface area contributed by atoms with E-state index in [2.05, 4.69) is 20.6 Å². The number of nitrogens with zero attached hydrogens (tertiary/aromatic N) is 6. The molecule has 3 aromatic rings. The Morgan fingerprint density at radius 1 is 1.06 bits per heavy atom. The van der Waals surface area contributed by atoms with Crippen molar-refractivity contribution in [1.29, 1.82) is 0 Å². The lowest BCUT2D eigenvalue weighted by Gasteiger charge is -2.13. The number of ether oxygens (including phenoxy) is 2. The van der Waals surface area contributed by atoms with Crippen LogP contribution in [-0.4, -0.2) is 44.5 Å². The van der Waals surface area contributed by atoms with E-state index in [-0.39, 0.29) is 12.3 Å². The van der Waals surface area contributed by atoms with E-state index >= 15 is 0 Å². The molecule has 0 atom stereocenters. The molecular formula is C23H26N6O4. The Hall–Kier alpha value is -4.08. The normalized spacial score (nSPS) is 12.0. The molecule has 1 heterocycles. The average molecular weight is 450 g/mol. The molecule has 172 valence electrons. The number of rotatable bonds is 7. The van der Waals surface area contributed by atoms with Gasteiger partial charge in [0.2, 0.25) is 5.90 Å². The first-order valence-corrected chi connectivity index (χ1v) is 10.4. The van der Waals surface area contributed by atoms with E-state index in [9.17, 15) is 9.59 Å². The molecule has 2 aromatic carbocycles. The monoisotopic (exact) mass is 450 g/mol. The number of methoxy groups -OCH3 is 1. The van der Waals surface area contributed by atoms with Gasteiger partial charge in [0, 0.05) is 19.0 Å². The topological polar surface area (TPSA) is 113 Å². The first-order valence-electron chi connectivity index (χ1n) is 10.4. The van der Waals surface area contributed by atoms with Crippen LogP contribution in [0.15, 0.2) is 57.5 Å². The molecule has 10 nitrogen and oxygen atoms in total. The summed E-state index contributed by atoms with van der Waals surface area (Å²) in [5.41, 5.74) is 3.98. The molecule has 10 heteroatoms. The molecule has 0 N–H and O–H groups in total. The molecule has 0 spiro atoms. The maximum atomic E-state index is 12.3. The zero-order valence-electron chi connectivity index (χ0n) is 19.3. The van der Waals surface area contributed by atoms with E-state index in [0.717, 1.165) is 16.7 Å². The molecule has 0 radical (unpaired) electrons. The Labute approximate surface area is 191 Å². The van der Waals surface area contributed by atoms with E-state index in [1.54, 1.807) is 37.4 Å². The number of tetrazole rings is 1. The maximum absolute atomic E-state index is 12.3. The second-order valence-corrected chi connectivity index (χ2v) is 7.26. The van der Waals surface area contributed by atoms with Gasteiger partial charge in [-0.25, -0.2) is 9.59 Å². The van der Waals surface area contributed by atoms with Crippen LogP contribution in [0.4, 0.5) is 0 Å². The molecule has 3 rings (SSSR count). The lowest BCUT2D eigenvalue weighted by atomic mass is 10.1. The Morgan fingerprint density at radius 2 is 1.76 bits per heavy atom. The number of carbonyl (C=O) groups excluding carboxylic acids is 1. The highest BCUT2D eigenvalue weighted by Gasteiger charge is 2.14. The summed E-state index contributed by atoms with van der Waals surface area (Å²) in [6, 6.07) is 12.5. The number of esters is 1. The van der Waals surface area contributed by atoms with Crippen LogP contribution in [0.2, 0.25) is 0 Å². The maximum Gasteiger partial charge on any atom is 0.368 e. The summed E-state index contributed by atoms with van der Waals surface area (Å²) in [5, 5.41) is 16.2. The van der Waals surface area contributed by atoms with Crippen LogP contribution in [0, 0.1) is 6.92 Å². The number of hydrogen-bond acceptors (Lipinski definition) is 8. The fourth-order valence-electron chi connectivity index (χ4n) is 3.05. The minimum atomic E-state index is -0.393. The van der Waals surface area contributed by atoms with Crippen molar-refractivity contribution in [3.63, 3.8) is 0 Å². The summed E-state index contributed by atoms with van der Waals surface area (Å²) in [6.07, 6.45) is 0.532. The van der Waals surface area contributed by atoms with Crippen molar-refractivity contribution in [2.24, 2.45) is 17.3 Å². The minimum Gasteiger partial charge on any atom is -0.475 e. The van der Waals surface area contributed by atoms with Gasteiger partial charge in [-0.05, 0) is 53.6 Å². The molecule has 0 saturated heterocycles. The first kappa shape index (κ1) is 23.6. The van der Waals surface area contributed by atoms with E-state index in [4.69, 9.17) is 9.47 Å². The summed E-state index contributed by atoms with van der Waals surface area (Å²) in [4.78, 5) is 23.9. The Kier molecular flexibility index (Phi) is 7.50. The fourth-order valence-corrected chi connectivity index (χ4v) is 3.05. The lowest BCUT2D eigenvalue weighted by molar-refractivity contribution is 0.0600. The van der Waals surface area contributed by atoms with Crippen molar-refractivity contribution in [3.05, 3.63) is 75.2 Å². The van der Waals surface area contributed by atoms with Gasteiger partial charge in [-0.15, -0.1) is 5.10 Å². The second-order valence-electron chi connectivity index (χ2n) is 7.26. The standard InChI is InChI=1S/C23H26N6O4/c1-6-21(25-24-16(3)17-10-12-18(13-11-17)22(30)32-5)33-14-19-15(2)8-7-9-20(19)29-23(31)28(4)26-27-29/h7-13H,6,14H2,1-5H3/b24-16+,25-21+. The number of aryl methyl sites for hydroxylation is 2. The van der Waals surface area contributed by atoms with Gasteiger partial charge in [0.05, 0.1) is 24.1 Å². The van der Waals surface area contributed by atoms with Crippen LogP contribution in [0.3, 0.4) is 0 Å². The van der Waals surface area contributed by atoms with Crippen molar-refractivity contribution in [1.82, 2.24) is 19.8 Å². The van der Waals surface area contributed by atoms with Gasteiger partial charge < -0.3 is 9.47 Å². The van der Waals surface area contributed by atoms with Gasteiger partial charge >= 0.3 is 11.7 Å². The Morgan fingerprint density at radius 3 is 2.36 bits per heavy atom. The molecule has 0 aliphatic carbocycles. The summed E-state index contributed by atoms with van der Waals surface area (Å²) < 4.78 is 13.1. The van der Waals surface area contributed by atoms with E-state index in [1.807, 2.05) is 32.9 Å². The number of hydrogen-bond donors (Lipinski definition) is 0. The largest absolute Gasteiger partial charge is 0.475 e. The number of benzene rings is 2. The van der Waals surface area contributed by atoms with E-state index in [1.165, 1.54) is 16.5 Å². The molecule has 1 aromatic heterocycles. The lowest BCUT2D eigenvalue weighted by Crippen LogP contribution is -2.23. The third kappa shape index (κ3) is 5.40. The predicted octanol–water partition coefficient (Wildman–Crippen LogP) is 2.81. The second kappa shape index (κ2) is 10.5. The van der Waals surface area contributed by atoms with Crippen LogP contribution in [0.5, 0.6) is 0 Å². The summed E-state index contributed by atoms with van der Waals surface area (Å²) in [6.45, 7) is 5.87. The van der Waals surface area contributed by atoms with Gasteiger partial charge in [0.15, 0.2) is 0 Å². The predicted molar refractivity (Wildman–Crippen MR) is 124 cm³/mol. The van der Waals surface area contributed by atoms with Crippen LogP contribution in [0.25, 0.3) is 5.69 Å². The summed E-state index contributed by atoms with van der Waals surface area (Å²) in [7, 11) is 2.89. The van der Waals surface area contributed by atoms with Crippen LogP contribution < -0.4 is 5.69 Å². The highest BCUT2D eigenvalue weighted by atomic mass is 16.5. The van der Waals surface area contributed by atoms with Crippen molar-refractivity contribution in [2.75, 3.05) is 7.11 Å². The highest BCUT2D eigenvalue weighted by molar-refractivity contribution is 6.00. The van der Waals surface area contributed by atoms with Crippen molar-refractivity contribution < 1.29 is 14.3 Å². The zero-order valence-corrected chi connectivity index (χ0v) is 19.3. The molecule has 33 heavy (non-hydrogen) atoms. The Bertz CT molecular complexity index is 1250. The zero-order chi connectivity index (χ0) is 24.0. The van der Waals surface area contributed by atoms with Gasteiger partial charge in [0.25, 0.3) is 0 Å². The van der Waals surface area contributed by atoms with Crippen molar-refractivity contribution in [3.8, 4) is 5.69 Å². The van der Waals surface area contributed by atoms with Gasteiger partial charge in [0.1, 0.15) is 6.61 Å². The smallest absolute Gasteiger partial charge is 0.368 e. The van der Waals surface area contributed by atoms with Crippen molar-refractivity contribution >= 4 is 17.6 Å². The van der Waals surface area contributed by atoms with Crippen LogP contribution in [0.1, 0.15) is 47.3 Å². The highest BCUT2D eigenvalue weighted by Crippen LogP contribution is 2.18. The molecule has 0 bridgehead atoms. The third-order valence-electron chi connectivity index (χ3n) is 5.06. The first-order chi connectivity index (χ1) is 15.8. The minimum absolute atomic E-state index is 0.195. The summed E-state index contributed by atoms with van der Waals surface area (Å²) in [5.74, 6) is 0.0522. The van der Waals surface area contributed by atoms with Gasteiger partial charge in [-0.2, -0.15) is 14.5 Å². The molecule has 0 amide bonds. The molecule has 0 saturated carbocycles. The van der Waals surface area contributed by atoms with Gasteiger partial charge in [-0.1, -0.05) is 31.2 Å². The number of carbonyl (C=O) groups is 1. The average Bonchev–Trinajstić information content (AvgIpc) is 3.17. The fraction of sp³-hybridized carbons (Fsp3) is 0.304. The SMILES string of the molecule is CC/C(=N\N=C(/C)c1ccc(C(=O)OC)cc1)OCc1c(C)cccc1-n1nnn(C)c1=O. The molecule has 0 aliphatic heterocycles. The van der Waals surface area contributed by atoms with Crippen LogP contribution >= 0.6 is 0 Å². The summed E-state index contributed by atoms with van der Waals surface area (Å²) >= 11 is 0. The van der Waals surface area contributed by atoms with Crippen LogP contribution in [-0.2, 0) is 23.1 Å². The quantitative estimate of drug-likeness (QED) is 0.237. The molecule has 0 aliphatic rings. The third-order valence-corrected chi connectivity index (χ3v) is 5.06.